The molecule has 2 aromatic carbocycles. The standard InChI is InChI=1S/C19H19NO6/c1-13-7-3-6-10-16(13)25-12-18(22)26-11-17(21)20-15-9-5-4-8-14(15)19(23)24-2/h3-10H,11-12H2,1-2H3,(H,20,21). The Labute approximate surface area is 150 Å². The van der Waals surface area contributed by atoms with Gasteiger partial charge in [0.2, 0.25) is 0 Å². The van der Waals surface area contributed by atoms with E-state index in [-0.39, 0.29) is 17.9 Å². The quantitative estimate of drug-likeness (QED) is 0.765. The Kier molecular flexibility index (Phi) is 6.73. The lowest BCUT2D eigenvalue weighted by atomic mass is 10.2. The van der Waals surface area contributed by atoms with Gasteiger partial charge in [0.05, 0.1) is 18.4 Å². The van der Waals surface area contributed by atoms with Crippen molar-refractivity contribution in [2.45, 2.75) is 6.92 Å². The van der Waals surface area contributed by atoms with Gasteiger partial charge in [0.1, 0.15) is 5.75 Å². The van der Waals surface area contributed by atoms with Crippen LogP contribution in [0.4, 0.5) is 5.69 Å². The predicted octanol–water partition coefficient (Wildman–Crippen LogP) is 2.34. The van der Waals surface area contributed by atoms with Crippen LogP contribution in [0.15, 0.2) is 48.5 Å². The molecule has 0 aliphatic carbocycles. The predicted molar refractivity (Wildman–Crippen MR) is 94.0 cm³/mol. The maximum atomic E-state index is 11.9. The average molecular weight is 357 g/mol. The molecule has 7 heteroatoms. The number of nitrogens with one attached hydrogen (secondary N) is 1. The molecule has 2 aromatic rings. The lowest BCUT2D eigenvalue weighted by molar-refractivity contribution is -0.149. The second kappa shape index (κ2) is 9.22. The summed E-state index contributed by atoms with van der Waals surface area (Å²) in [7, 11) is 1.25. The second-order valence-corrected chi connectivity index (χ2v) is 5.30. The van der Waals surface area contributed by atoms with Gasteiger partial charge in [-0.1, -0.05) is 30.3 Å². The molecule has 7 nitrogen and oxygen atoms in total. The lowest BCUT2D eigenvalue weighted by Gasteiger charge is -2.11. The number of carbonyl (C=O) groups excluding carboxylic acids is 3. The Bertz CT molecular complexity index is 802. The van der Waals surface area contributed by atoms with Crippen LogP contribution in [0, 0.1) is 6.92 Å². The van der Waals surface area contributed by atoms with E-state index in [4.69, 9.17) is 9.47 Å². The highest BCUT2D eigenvalue weighted by atomic mass is 16.6. The number of esters is 2. The van der Waals surface area contributed by atoms with Crippen LogP contribution in [0.1, 0.15) is 15.9 Å². The third-order valence-corrected chi connectivity index (χ3v) is 3.41. The summed E-state index contributed by atoms with van der Waals surface area (Å²) in [6, 6.07) is 13.6. The van der Waals surface area contributed by atoms with Gasteiger partial charge < -0.3 is 19.5 Å². The van der Waals surface area contributed by atoms with E-state index in [9.17, 15) is 14.4 Å². The molecular weight excluding hydrogens is 338 g/mol. The fraction of sp³-hybridized carbons (Fsp3) is 0.211. The van der Waals surface area contributed by atoms with E-state index in [0.717, 1.165) is 5.56 Å². The number of para-hydroxylation sites is 2. The van der Waals surface area contributed by atoms with Crippen LogP contribution in [0.3, 0.4) is 0 Å². The zero-order chi connectivity index (χ0) is 18.9. The normalized spacial score (nSPS) is 9.92. The SMILES string of the molecule is COC(=O)c1ccccc1NC(=O)COC(=O)COc1ccccc1C. The number of amides is 1. The number of aryl methyl sites for hydroxylation is 1. The van der Waals surface area contributed by atoms with Gasteiger partial charge in [-0.25, -0.2) is 9.59 Å². The first-order valence-corrected chi connectivity index (χ1v) is 7.82. The third-order valence-electron chi connectivity index (χ3n) is 3.41. The van der Waals surface area contributed by atoms with E-state index < -0.39 is 24.5 Å². The summed E-state index contributed by atoms with van der Waals surface area (Å²) in [5.74, 6) is -1.26. The number of benzene rings is 2. The van der Waals surface area contributed by atoms with Crippen molar-refractivity contribution in [1.82, 2.24) is 0 Å². The third kappa shape index (κ3) is 5.34. The highest BCUT2D eigenvalue weighted by Gasteiger charge is 2.14. The largest absolute Gasteiger partial charge is 0.482 e. The molecule has 0 aliphatic rings. The summed E-state index contributed by atoms with van der Waals surface area (Å²) in [5, 5.41) is 2.51. The number of anilines is 1. The van der Waals surface area contributed by atoms with Crippen LogP contribution in [-0.2, 0) is 19.1 Å². The topological polar surface area (TPSA) is 90.9 Å². The first-order chi connectivity index (χ1) is 12.5. The number of hydrogen-bond donors (Lipinski definition) is 1. The minimum atomic E-state index is -0.676. The van der Waals surface area contributed by atoms with E-state index in [1.54, 1.807) is 30.3 Å². The summed E-state index contributed by atoms with van der Waals surface area (Å²) in [6.45, 7) is 1.05. The number of methoxy groups -OCH3 is 1. The Morgan fingerprint density at radius 2 is 1.65 bits per heavy atom. The van der Waals surface area contributed by atoms with Crippen molar-refractivity contribution in [3.05, 3.63) is 59.7 Å². The fourth-order valence-corrected chi connectivity index (χ4v) is 2.11. The first-order valence-electron chi connectivity index (χ1n) is 7.82. The second-order valence-electron chi connectivity index (χ2n) is 5.30. The molecule has 0 spiro atoms. The highest BCUT2D eigenvalue weighted by molar-refractivity contribution is 6.01. The van der Waals surface area contributed by atoms with Crippen molar-refractivity contribution in [1.29, 1.82) is 0 Å². The molecule has 26 heavy (non-hydrogen) atoms. The first kappa shape index (κ1) is 19.0. The van der Waals surface area contributed by atoms with Gasteiger partial charge in [0.25, 0.3) is 5.91 Å². The maximum absolute atomic E-state index is 11.9. The van der Waals surface area contributed by atoms with Crippen molar-refractivity contribution in [2.75, 3.05) is 25.6 Å². The molecule has 1 amide bonds. The Morgan fingerprint density at radius 3 is 2.38 bits per heavy atom. The summed E-state index contributed by atoms with van der Waals surface area (Å²) < 4.78 is 14.9. The molecule has 136 valence electrons. The number of carbonyl (C=O) groups is 3. The monoisotopic (exact) mass is 357 g/mol. The minimum absolute atomic E-state index is 0.206. The molecule has 0 unspecified atom stereocenters. The fourth-order valence-electron chi connectivity index (χ4n) is 2.11. The zero-order valence-corrected chi connectivity index (χ0v) is 14.5. The van der Waals surface area contributed by atoms with Crippen LogP contribution in [0.2, 0.25) is 0 Å². The van der Waals surface area contributed by atoms with Crippen molar-refractivity contribution >= 4 is 23.5 Å². The molecule has 0 aliphatic heterocycles. The maximum Gasteiger partial charge on any atom is 0.344 e. The summed E-state index contributed by atoms with van der Waals surface area (Å²) in [6.07, 6.45) is 0. The Morgan fingerprint density at radius 1 is 0.962 bits per heavy atom. The minimum Gasteiger partial charge on any atom is -0.482 e. The van der Waals surface area contributed by atoms with Gasteiger partial charge in [-0.15, -0.1) is 0 Å². The zero-order valence-electron chi connectivity index (χ0n) is 14.5. The van der Waals surface area contributed by atoms with E-state index >= 15 is 0 Å². The van der Waals surface area contributed by atoms with Crippen LogP contribution in [0.25, 0.3) is 0 Å². The van der Waals surface area contributed by atoms with Gasteiger partial charge in [-0.05, 0) is 30.7 Å². The molecule has 0 fully saturated rings. The summed E-state index contributed by atoms with van der Waals surface area (Å²) >= 11 is 0. The van der Waals surface area contributed by atoms with Crippen LogP contribution in [0.5, 0.6) is 5.75 Å². The van der Waals surface area contributed by atoms with Crippen molar-refractivity contribution in [2.24, 2.45) is 0 Å². The molecule has 0 atom stereocenters. The number of rotatable bonds is 7. The van der Waals surface area contributed by atoms with Gasteiger partial charge in [-0.3, -0.25) is 4.79 Å². The Balaban J connectivity index is 1.83. The van der Waals surface area contributed by atoms with Gasteiger partial charge in [-0.2, -0.15) is 0 Å². The van der Waals surface area contributed by atoms with Gasteiger partial charge >= 0.3 is 11.9 Å². The molecule has 0 aromatic heterocycles. The Hall–Kier alpha value is -3.35. The molecule has 0 saturated heterocycles. The molecule has 0 radical (unpaired) electrons. The van der Waals surface area contributed by atoms with Gasteiger partial charge in [0.15, 0.2) is 13.2 Å². The van der Waals surface area contributed by atoms with E-state index in [1.807, 2.05) is 19.1 Å². The summed E-state index contributed by atoms with van der Waals surface area (Å²) in [4.78, 5) is 35.3. The lowest BCUT2D eigenvalue weighted by Crippen LogP contribution is -2.24. The van der Waals surface area contributed by atoms with Gasteiger partial charge in [0, 0.05) is 0 Å². The molecular formula is C19H19NO6. The highest BCUT2D eigenvalue weighted by Crippen LogP contribution is 2.17. The van der Waals surface area contributed by atoms with Crippen LogP contribution in [-0.4, -0.2) is 38.2 Å². The van der Waals surface area contributed by atoms with Crippen LogP contribution < -0.4 is 10.1 Å². The average Bonchev–Trinajstić information content (AvgIpc) is 2.65. The van der Waals surface area contributed by atoms with E-state index in [0.29, 0.717) is 5.75 Å². The number of ether oxygens (including phenoxy) is 3. The molecule has 0 bridgehead atoms. The molecule has 1 N–H and O–H groups in total. The smallest absolute Gasteiger partial charge is 0.344 e. The van der Waals surface area contributed by atoms with E-state index in [2.05, 4.69) is 10.1 Å². The van der Waals surface area contributed by atoms with Crippen molar-refractivity contribution in [3.8, 4) is 5.75 Å². The van der Waals surface area contributed by atoms with Crippen molar-refractivity contribution < 1.29 is 28.6 Å². The van der Waals surface area contributed by atoms with Crippen LogP contribution >= 0.6 is 0 Å². The van der Waals surface area contributed by atoms with Crippen molar-refractivity contribution in [3.63, 3.8) is 0 Å². The molecule has 2 rings (SSSR count). The summed E-state index contributed by atoms with van der Waals surface area (Å²) in [5.41, 5.74) is 1.37. The molecule has 0 heterocycles. The van der Waals surface area contributed by atoms with E-state index in [1.165, 1.54) is 13.2 Å². The number of hydrogen-bond acceptors (Lipinski definition) is 6. The molecule has 0 saturated carbocycles.